The van der Waals surface area contributed by atoms with Crippen molar-refractivity contribution in [2.75, 3.05) is 0 Å². The summed E-state index contributed by atoms with van der Waals surface area (Å²) in [6.45, 7) is 0. The van der Waals surface area contributed by atoms with E-state index in [4.69, 9.17) is 4.55 Å². The van der Waals surface area contributed by atoms with Gasteiger partial charge in [0, 0.05) is 0 Å². The predicted molar refractivity (Wildman–Crippen MR) is 40.9 cm³/mol. The third kappa shape index (κ3) is 2.15. The number of rotatable bonds is 1. The van der Waals surface area contributed by atoms with Gasteiger partial charge < -0.3 is 4.55 Å². The quantitative estimate of drug-likeness (QED) is 0.498. The first-order chi connectivity index (χ1) is 5.54. The highest BCUT2D eigenvalue weighted by Crippen LogP contribution is 2.31. The van der Waals surface area contributed by atoms with Crippen molar-refractivity contribution >= 4 is 12.0 Å². The second-order valence-corrected chi connectivity index (χ2v) is 2.80. The van der Waals surface area contributed by atoms with Crippen molar-refractivity contribution in [3.8, 4) is 0 Å². The molecule has 12 heavy (non-hydrogen) atoms. The van der Waals surface area contributed by atoms with E-state index >= 15 is 0 Å². The molecule has 0 amide bonds. The van der Waals surface area contributed by atoms with E-state index < -0.39 is 11.7 Å². The Bertz CT molecular complexity index is 272. The Morgan fingerprint density at radius 2 is 1.92 bits per heavy atom. The SMILES string of the molecule is [OH2+]Sc1cccc(C(F)(F)F)c1. The summed E-state index contributed by atoms with van der Waals surface area (Å²) in [5.41, 5.74) is -0.709. The molecule has 5 heteroatoms. The molecule has 0 atom stereocenters. The first-order valence-electron chi connectivity index (χ1n) is 3.05. The van der Waals surface area contributed by atoms with Crippen LogP contribution < -0.4 is 0 Å². The number of halogens is 3. The van der Waals surface area contributed by atoms with Gasteiger partial charge in [0.2, 0.25) is 12.0 Å². The fourth-order valence-corrected chi connectivity index (χ4v) is 1.07. The maximum atomic E-state index is 12.0. The number of benzene rings is 1. The molecule has 2 N–H and O–H groups in total. The molecule has 0 aliphatic heterocycles. The second kappa shape index (κ2) is 3.37. The van der Waals surface area contributed by atoms with Gasteiger partial charge in [-0.05, 0) is 18.2 Å². The highest BCUT2D eigenvalue weighted by atomic mass is 32.2. The molecule has 1 rings (SSSR count). The Morgan fingerprint density at radius 1 is 1.25 bits per heavy atom. The van der Waals surface area contributed by atoms with Crippen LogP contribution in [0.15, 0.2) is 29.2 Å². The first kappa shape index (κ1) is 9.41. The van der Waals surface area contributed by atoms with Crippen LogP contribution >= 0.6 is 12.0 Å². The topological polar surface area (TPSA) is 22.9 Å². The molecular formula is C7H6F3OS+. The molecule has 0 saturated carbocycles. The van der Waals surface area contributed by atoms with Crippen molar-refractivity contribution in [3.63, 3.8) is 0 Å². The van der Waals surface area contributed by atoms with Gasteiger partial charge in [-0.3, -0.25) is 0 Å². The van der Waals surface area contributed by atoms with E-state index in [0.29, 0.717) is 16.9 Å². The van der Waals surface area contributed by atoms with Crippen LogP contribution in [-0.2, 0) is 6.18 Å². The van der Waals surface area contributed by atoms with Crippen molar-refractivity contribution in [1.29, 1.82) is 0 Å². The van der Waals surface area contributed by atoms with Gasteiger partial charge >= 0.3 is 6.18 Å². The van der Waals surface area contributed by atoms with Crippen LogP contribution in [0, 0.1) is 0 Å². The number of alkyl halides is 3. The highest BCUT2D eigenvalue weighted by Gasteiger charge is 2.30. The molecule has 1 aromatic rings. The highest BCUT2D eigenvalue weighted by molar-refractivity contribution is 7.93. The van der Waals surface area contributed by atoms with Crippen LogP contribution in [0.3, 0.4) is 0 Å². The van der Waals surface area contributed by atoms with Crippen LogP contribution in [0.5, 0.6) is 0 Å². The molecule has 0 aliphatic rings. The van der Waals surface area contributed by atoms with Gasteiger partial charge in [0.15, 0.2) is 0 Å². The zero-order valence-electron chi connectivity index (χ0n) is 5.85. The minimum absolute atomic E-state index is 0.296. The first-order valence-corrected chi connectivity index (χ1v) is 3.86. The van der Waals surface area contributed by atoms with Gasteiger partial charge in [0.1, 0.15) is 0 Å². The maximum absolute atomic E-state index is 12.0. The zero-order chi connectivity index (χ0) is 9.19. The molecule has 0 unspecified atom stereocenters. The summed E-state index contributed by atoms with van der Waals surface area (Å²) in [5, 5.41) is 0. The lowest BCUT2D eigenvalue weighted by atomic mass is 10.2. The minimum atomic E-state index is -4.31. The van der Waals surface area contributed by atoms with E-state index in [9.17, 15) is 13.2 Å². The molecule has 1 aromatic carbocycles. The summed E-state index contributed by atoms with van der Waals surface area (Å²) >= 11 is 0.549. The standard InChI is InChI=1S/C7H5F3OS/c8-7(9,10)5-2-1-3-6(4-5)12-11/h1-4,11H/p+1. The minimum Gasteiger partial charge on any atom is -0.367 e. The normalized spacial score (nSPS) is 11.7. The Kier molecular flexibility index (Phi) is 2.64. The van der Waals surface area contributed by atoms with Gasteiger partial charge in [-0.1, -0.05) is 6.07 Å². The van der Waals surface area contributed by atoms with Gasteiger partial charge in [0.05, 0.1) is 10.5 Å². The van der Waals surface area contributed by atoms with Crippen LogP contribution in [0.25, 0.3) is 0 Å². The molecular weight excluding hydrogens is 189 g/mol. The predicted octanol–water partition coefficient (Wildman–Crippen LogP) is 2.44. The third-order valence-corrected chi connectivity index (χ3v) is 1.77. The lowest BCUT2D eigenvalue weighted by Crippen LogP contribution is -2.04. The van der Waals surface area contributed by atoms with E-state index in [2.05, 4.69) is 0 Å². The Labute approximate surface area is 71.4 Å². The Balaban J connectivity index is 3.02. The third-order valence-electron chi connectivity index (χ3n) is 1.28. The fraction of sp³-hybridized carbons (Fsp3) is 0.143. The fourth-order valence-electron chi connectivity index (χ4n) is 0.736. The molecule has 0 aliphatic carbocycles. The van der Waals surface area contributed by atoms with Crippen molar-refractivity contribution in [1.82, 2.24) is 0 Å². The van der Waals surface area contributed by atoms with E-state index in [1.54, 1.807) is 0 Å². The van der Waals surface area contributed by atoms with Crippen LogP contribution in [-0.4, -0.2) is 4.55 Å². The van der Waals surface area contributed by atoms with E-state index in [1.807, 2.05) is 0 Å². The molecule has 0 bridgehead atoms. The van der Waals surface area contributed by atoms with Crippen LogP contribution in [0.2, 0.25) is 0 Å². The summed E-state index contributed by atoms with van der Waals surface area (Å²) in [5.74, 6) is 0. The molecule has 1 nitrogen and oxygen atoms in total. The monoisotopic (exact) mass is 195 g/mol. The Morgan fingerprint density at radius 3 is 2.42 bits per heavy atom. The summed E-state index contributed by atoms with van der Waals surface area (Å²) in [7, 11) is 0. The number of hydrogen-bond acceptors (Lipinski definition) is 1. The smallest absolute Gasteiger partial charge is 0.367 e. The van der Waals surface area contributed by atoms with Gasteiger partial charge in [0.25, 0.3) is 0 Å². The van der Waals surface area contributed by atoms with Crippen molar-refractivity contribution < 1.29 is 17.7 Å². The molecule has 0 radical (unpaired) electrons. The molecule has 0 spiro atoms. The molecule has 0 heterocycles. The van der Waals surface area contributed by atoms with E-state index in [0.717, 1.165) is 12.1 Å². The largest absolute Gasteiger partial charge is 0.416 e. The second-order valence-electron chi connectivity index (χ2n) is 2.13. The van der Waals surface area contributed by atoms with Crippen molar-refractivity contribution in [2.45, 2.75) is 11.1 Å². The van der Waals surface area contributed by atoms with E-state index in [-0.39, 0.29) is 0 Å². The lowest BCUT2D eigenvalue weighted by Gasteiger charge is -2.05. The van der Waals surface area contributed by atoms with Crippen molar-refractivity contribution in [3.05, 3.63) is 29.8 Å². The van der Waals surface area contributed by atoms with Gasteiger partial charge in [-0.15, -0.1) is 0 Å². The van der Waals surface area contributed by atoms with Crippen LogP contribution in [0.1, 0.15) is 5.56 Å². The Hall–Kier alpha value is -0.680. The average Bonchev–Trinajstić information content (AvgIpc) is 2.03. The van der Waals surface area contributed by atoms with Crippen molar-refractivity contribution in [2.24, 2.45) is 0 Å². The zero-order valence-corrected chi connectivity index (χ0v) is 6.67. The molecule has 0 fully saturated rings. The van der Waals surface area contributed by atoms with E-state index in [1.165, 1.54) is 12.1 Å². The summed E-state index contributed by atoms with van der Waals surface area (Å²) < 4.78 is 42.9. The summed E-state index contributed by atoms with van der Waals surface area (Å²) in [6.07, 6.45) is -4.31. The van der Waals surface area contributed by atoms with Crippen LogP contribution in [0.4, 0.5) is 13.2 Å². The maximum Gasteiger partial charge on any atom is 0.416 e. The lowest BCUT2D eigenvalue weighted by molar-refractivity contribution is -0.137. The average molecular weight is 195 g/mol. The molecule has 66 valence electrons. The summed E-state index contributed by atoms with van der Waals surface area (Å²) in [6, 6.07) is 4.70. The number of hydrogen-bond donors (Lipinski definition) is 0. The van der Waals surface area contributed by atoms with Gasteiger partial charge in [-0.25, -0.2) is 0 Å². The summed E-state index contributed by atoms with van der Waals surface area (Å²) in [4.78, 5) is 0.296. The van der Waals surface area contributed by atoms with Gasteiger partial charge in [-0.2, -0.15) is 13.2 Å². The molecule has 0 aromatic heterocycles. The molecule has 0 saturated heterocycles.